The van der Waals surface area contributed by atoms with Crippen LogP contribution in [0, 0.1) is 6.92 Å². The third-order valence-corrected chi connectivity index (χ3v) is 4.20. The first kappa shape index (κ1) is 18.7. The molecule has 0 saturated carbocycles. The van der Waals surface area contributed by atoms with Crippen LogP contribution in [-0.2, 0) is 11.2 Å². The number of oxazole rings is 1. The number of rotatable bonds is 5. The van der Waals surface area contributed by atoms with E-state index in [1.165, 1.54) is 7.05 Å². The van der Waals surface area contributed by atoms with Gasteiger partial charge in [0.05, 0.1) is 23.4 Å². The molecule has 2 amide bonds. The highest BCUT2D eigenvalue weighted by molar-refractivity contribution is 6.30. The van der Waals surface area contributed by atoms with Crippen molar-refractivity contribution in [1.82, 2.24) is 10.3 Å². The first-order chi connectivity index (χ1) is 13.0. The van der Waals surface area contributed by atoms with Crippen LogP contribution in [0.3, 0.4) is 0 Å². The normalized spacial score (nSPS) is 10.5. The largest absolute Gasteiger partial charge is 0.441 e. The van der Waals surface area contributed by atoms with Gasteiger partial charge in [-0.3, -0.25) is 9.59 Å². The molecule has 3 aromatic rings. The van der Waals surface area contributed by atoms with E-state index in [0.717, 1.165) is 5.56 Å². The van der Waals surface area contributed by atoms with Gasteiger partial charge in [0.15, 0.2) is 0 Å². The molecule has 0 aliphatic rings. The highest BCUT2D eigenvalue weighted by atomic mass is 35.5. The van der Waals surface area contributed by atoms with Crippen molar-refractivity contribution < 1.29 is 14.0 Å². The van der Waals surface area contributed by atoms with Crippen LogP contribution in [0.15, 0.2) is 52.9 Å². The molecule has 1 heterocycles. The van der Waals surface area contributed by atoms with Gasteiger partial charge in [0.1, 0.15) is 5.76 Å². The van der Waals surface area contributed by atoms with E-state index in [9.17, 15) is 9.59 Å². The molecule has 138 valence electrons. The van der Waals surface area contributed by atoms with Crippen LogP contribution in [0.25, 0.3) is 11.5 Å². The van der Waals surface area contributed by atoms with Crippen molar-refractivity contribution in [3.63, 3.8) is 0 Å². The van der Waals surface area contributed by atoms with Crippen molar-refractivity contribution in [2.24, 2.45) is 0 Å². The predicted molar refractivity (Wildman–Crippen MR) is 104 cm³/mol. The fourth-order valence-electron chi connectivity index (χ4n) is 2.61. The predicted octanol–water partition coefficient (Wildman–Crippen LogP) is 3.84. The van der Waals surface area contributed by atoms with E-state index in [0.29, 0.717) is 33.6 Å². The summed E-state index contributed by atoms with van der Waals surface area (Å²) in [6, 6.07) is 14.0. The Morgan fingerprint density at radius 1 is 1.15 bits per heavy atom. The molecule has 3 rings (SSSR count). The Labute approximate surface area is 161 Å². The van der Waals surface area contributed by atoms with Crippen molar-refractivity contribution >= 4 is 29.1 Å². The summed E-state index contributed by atoms with van der Waals surface area (Å²) in [7, 11) is 1.54. The topological polar surface area (TPSA) is 84.2 Å². The van der Waals surface area contributed by atoms with Gasteiger partial charge in [0, 0.05) is 17.6 Å². The summed E-state index contributed by atoms with van der Waals surface area (Å²) in [5, 5.41) is 5.89. The van der Waals surface area contributed by atoms with E-state index in [4.69, 9.17) is 16.0 Å². The van der Waals surface area contributed by atoms with E-state index in [1.54, 1.807) is 49.4 Å². The number of hydrogen-bond donors (Lipinski definition) is 2. The number of hydrogen-bond acceptors (Lipinski definition) is 4. The molecule has 7 heteroatoms. The molecule has 0 aliphatic carbocycles. The number of nitrogens with one attached hydrogen (secondary N) is 2. The molecule has 1 aromatic heterocycles. The molecular formula is C20H18ClN3O3. The smallest absolute Gasteiger partial charge is 0.253 e. The van der Waals surface area contributed by atoms with Crippen molar-refractivity contribution in [1.29, 1.82) is 0 Å². The second-order valence-electron chi connectivity index (χ2n) is 5.88. The number of benzene rings is 2. The molecule has 2 aromatic carbocycles. The fraction of sp³-hybridized carbons (Fsp3) is 0.150. The third-order valence-electron chi connectivity index (χ3n) is 3.97. The molecule has 0 saturated heterocycles. The number of amides is 2. The van der Waals surface area contributed by atoms with Crippen molar-refractivity contribution in [3.8, 4) is 11.5 Å². The van der Waals surface area contributed by atoms with Gasteiger partial charge in [-0.25, -0.2) is 4.98 Å². The zero-order valence-corrected chi connectivity index (χ0v) is 15.6. The Balaban J connectivity index is 1.77. The number of carbonyl (C=O) groups excluding carboxylic acids is 2. The fourth-order valence-corrected chi connectivity index (χ4v) is 2.80. The van der Waals surface area contributed by atoms with Crippen LogP contribution in [0.5, 0.6) is 0 Å². The zero-order valence-electron chi connectivity index (χ0n) is 14.9. The maximum Gasteiger partial charge on any atom is 0.253 e. The maximum absolute atomic E-state index is 12.5. The number of aromatic nitrogens is 1. The lowest BCUT2D eigenvalue weighted by Crippen LogP contribution is -2.22. The number of nitrogens with zero attached hydrogens (tertiary/aromatic N) is 1. The van der Waals surface area contributed by atoms with E-state index >= 15 is 0 Å². The Bertz CT molecular complexity index is 998. The Kier molecular flexibility index (Phi) is 5.57. The van der Waals surface area contributed by atoms with Gasteiger partial charge in [0.2, 0.25) is 11.8 Å². The molecule has 0 fully saturated rings. The second-order valence-corrected chi connectivity index (χ2v) is 6.32. The summed E-state index contributed by atoms with van der Waals surface area (Å²) in [5.74, 6) is 0.399. The van der Waals surface area contributed by atoms with Crippen LogP contribution in [0.1, 0.15) is 21.8 Å². The average molecular weight is 384 g/mol. The molecule has 0 unspecified atom stereocenters. The lowest BCUT2D eigenvalue weighted by molar-refractivity contribution is -0.115. The molecule has 2 N–H and O–H groups in total. The van der Waals surface area contributed by atoms with Gasteiger partial charge in [0.25, 0.3) is 5.91 Å². The van der Waals surface area contributed by atoms with Gasteiger partial charge >= 0.3 is 0 Å². The Hall–Kier alpha value is -3.12. The van der Waals surface area contributed by atoms with E-state index in [2.05, 4.69) is 15.6 Å². The summed E-state index contributed by atoms with van der Waals surface area (Å²) in [4.78, 5) is 28.8. The van der Waals surface area contributed by atoms with Gasteiger partial charge in [-0.05, 0) is 37.3 Å². The van der Waals surface area contributed by atoms with Crippen LogP contribution >= 0.6 is 11.6 Å². The number of halogens is 1. The van der Waals surface area contributed by atoms with E-state index in [-0.39, 0.29) is 18.2 Å². The van der Waals surface area contributed by atoms with Crippen molar-refractivity contribution in [3.05, 3.63) is 70.6 Å². The highest BCUT2D eigenvalue weighted by Crippen LogP contribution is 2.25. The third kappa shape index (κ3) is 4.35. The average Bonchev–Trinajstić information content (AvgIpc) is 3.02. The number of anilines is 1. The van der Waals surface area contributed by atoms with Gasteiger partial charge in [-0.1, -0.05) is 29.8 Å². The minimum Gasteiger partial charge on any atom is -0.441 e. The molecule has 0 atom stereocenters. The van der Waals surface area contributed by atoms with Crippen molar-refractivity contribution in [2.45, 2.75) is 13.3 Å². The molecule has 27 heavy (non-hydrogen) atoms. The summed E-state index contributed by atoms with van der Waals surface area (Å²) >= 11 is 6.00. The standard InChI is InChI=1S/C20H18ClN3O3/c1-12-17(24-20(27-12)13-6-5-7-14(21)10-13)11-18(25)23-16-9-4-3-8-15(16)19(26)22-2/h3-10H,11H2,1-2H3,(H,22,26)(H,23,25). The molecule has 0 spiro atoms. The minimum atomic E-state index is -0.291. The molecule has 6 nitrogen and oxygen atoms in total. The number of carbonyl (C=O) groups is 2. The highest BCUT2D eigenvalue weighted by Gasteiger charge is 2.17. The number of aryl methyl sites for hydroxylation is 1. The summed E-state index contributed by atoms with van der Waals surface area (Å²) in [5.41, 5.74) is 2.10. The van der Waals surface area contributed by atoms with Gasteiger partial charge in [-0.2, -0.15) is 0 Å². The SMILES string of the molecule is CNC(=O)c1ccccc1NC(=O)Cc1nc(-c2cccc(Cl)c2)oc1C. The lowest BCUT2D eigenvalue weighted by Gasteiger charge is -2.09. The van der Waals surface area contributed by atoms with Crippen LogP contribution in [0.2, 0.25) is 5.02 Å². The van der Waals surface area contributed by atoms with Crippen LogP contribution in [-0.4, -0.2) is 23.8 Å². The number of para-hydroxylation sites is 1. The lowest BCUT2D eigenvalue weighted by atomic mass is 10.1. The Morgan fingerprint density at radius 3 is 2.67 bits per heavy atom. The Morgan fingerprint density at radius 2 is 1.93 bits per heavy atom. The first-order valence-corrected chi connectivity index (χ1v) is 8.69. The summed E-state index contributed by atoms with van der Waals surface area (Å²) in [6.45, 7) is 1.75. The minimum absolute atomic E-state index is 0.0258. The quantitative estimate of drug-likeness (QED) is 0.701. The monoisotopic (exact) mass is 383 g/mol. The summed E-state index contributed by atoms with van der Waals surface area (Å²) < 4.78 is 5.67. The molecule has 0 radical (unpaired) electrons. The van der Waals surface area contributed by atoms with Crippen LogP contribution < -0.4 is 10.6 Å². The van der Waals surface area contributed by atoms with Crippen LogP contribution in [0.4, 0.5) is 5.69 Å². The van der Waals surface area contributed by atoms with Crippen molar-refractivity contribution in [2.75, 3.05) is 12.4 Å². The van der Waals surface area contributed by atoms with E-state index in [1.807, 2.05) is 6.07 Å². The second kappa shape index (κ2) is 8.05. The van der Waals surface area contributed by atoms with Gasteiger partial charge in [-0.15, -0.1) is 0 Å². The molecule has 0 bridgehead atoms. The molecular weight excluding hydrogens is 366 g/mol. The first-order valence-electron chi connectivity index (χ1n) is 8.31. The van der Waals surface area contributed by atoms with Gasteiger partial charge < -0.3 is 15.1 Å². The van der Waals surface area contributed by atoms with E-state index < -0.39 is 0 Å². The molecule has 0 aliphatic heterocycles. The maximum atomic E-state index is 12.5. The zero-order chi connectivity index (χ0) is 19.4. The summed E-state index contributed by atoms with van der Waals surface area (Å²) in [6.07, 6.45) is 0.0258.